The third-order valence-electron chi connectivity index (χ3n) is 2.94. The number of halogens is 1. The van der Waals surface area contributed by atoms with E-state index in [9.17, 15) is 4.39 Å². The Labute approximate surface area is 106 Å². The fourth-order valence-electron chi connectivity index (χ4n) is 2.07. The minimum absolute atomic E-state index is 0.192. The summed E-state index contributed by atoms with van der Waals surface area (Å²) in [4.78, 5) is 3.56. The van der Waals surface area contributed by atoms with Gasteiger partial charge >= 0.3 is 0 Å². The molecule has 1 aromatic carbocycles. The second-order valence-electron chi connectivity index (χ2n) is 4.46. The summed E-state index contributed by atoms with van der Waals surface area (Å²) in [5, 5.41) is 0. The van der Waals surface area contributed by atoms with Crippen LogP contribution in [-0.2, 0) is 6.61 Å². The molecule has 1 heterocycles. The fourth-order valence-corrected chi connectivity index (χ4v) is 2.07. The van der Waals surface area contributed by atoms with Crippen LogP contribution in [0.3, 0.4) is 0 Å². The molecule has 2 aromatic rings. The lowest BCUT2D eigenvalue weighted by Crippen LogP contribution is -2.03. The van der Waals surface area contributed by atoms with Crippen molar-refractivity contribution in [3.63, 3.8) is 0 Å². The molecule has 0 aliphatic carbocycles. The first-order chi connectivity index (χ1) is 8.58. The summed E-state index contributed by atoms with van der Waals surface area (Å²) in [5.41, 5.74) is 4.65. The third-order valence-corrected chi connectivity index (χ3v) is 2.94. The highest BCUT2D eigenvalue weighted by Crippen LogP contribution is 2.20. The fraction of sp³-hybridized carbons (Fsp3) is 0.267. The molecule has 0 radical (unpaired) electrons. The summed E-state index contributed by atoms with van der Waals surface area (Å²) >= 11 is 0. The number of aryl methyl sites for hydroxylation is 3. The lowest BCUT2D eigenvalue weighted by atomic mass is 10.0. The first-order valence-corrected chi connectivity index (χ1v) is 5.88. The molecule has 0 N–H and O–H groups in total. The molecular weight excluding hydrogens is 229 g/mol. The van der Waals surface area contributed by atoms with E-state index in [0.717, 1.165) is 16.7 Å². The van der Waals surface area contributed by atoms with Gasteiger partial charge in [-0.25, -0.2) is 4.98 Å². The molecule has 1 aromatic heterocycles. The van der Waals surface area contributed by atoms with Crippen LogP contribution < -0.4 is 4.74 Å². The molecule has 0 bridgehead atoms. The summed E-state index contributed by atoms with van der Waals surface area (Å²) in [5.74, 6) is -0.378. The van der Waals surface area contributed by atoms with Crippen molar-refractivity contribution in [2.45, 2.75) is 27.4 Å². The predicted molar refractivity (Wildman–Crippen MR) is 69.2 cm³/mol. The molecular formula is C15H16FNO. The summed E-state index contributed by atoms with van der Waals surface area (Å²) in [7, 11) is 0. The van der Waals surface area contributed by atoms with Crippen LogP contribution in [0.5, 0.6) is 5.75 Å². The first kappa shape index (κ1) is 12.6. The maximum absolute atomic E-state index is 13.3. The second-order valence-corrected chi connectivity index (χ2v) is 4.46. The van der Waals surface area contributed by atoms with Crippen LogP contribution in [0.15, 0.2) is 30.5 Å². The maximum atomic E-state index is 13.3. The summed E-state index contributed by atoms with van der Waals surface area (Å²) in [6.07, 6.45) is 1.41. The molecule has 2 rings (SSSR count). The number of benzene rings is 1. The van der Waals surface area contributed by atoms with Gasteiger partial charge in [-0.15, -0.1) is 0 Å². The zero-order valence-electron chi connectivity index (χ0n) is 10.8. The van der Waals surface area contributed by atoms with Gasteiger partial charge in [0.1, 0.15) is 6.61 Å². The molecule has 0 unspecified atom stereocenters. The molecule has 0 aliphatic heterocycles. The highest BCUT2D eigenvalue weighted by atomic mass is 19.1. The molecule has 0 saturated carbocycles. The highest BCUT2D eigenvalue weighted by molar-refractivity contribution is 5.37. The highest BCUT2D eigenvalue weighted by Gasteiger charge is 2.07. The number of ether oxygens (including phenoxy) is 1. The lowest BCUT2D eigenvalue weighted by molar-refractivity contribution is 0.284. The Morgan fingerprint density at radius 3 is 2.44 bits per heavy atom. The summed E-state index contributed by atoms with van der Waals surface area (Å²) in [6.45, 7) is 6.50. The molecule has 0 spiro atoms. The SMILES string of the molecule is Cc1cc(C)c(COc2cccnc2F)c(C)c1. The van der Waals surface area contributed by atoms with Gasteiger partial charge in [-0.1, -0.05) is 17.7 Å². The van der Waals surface area contributed by atoms with Crippen molar-refractivity contribution in [3.05, 3.63) is 58.7 Å². The van der Waals surface area contributed by atoms with E-state index in [1.807, 2.05) is 13.8 Å². The third kappa shape index (κ3) is 2.67. The van der Waals surface area contributed by atoms with Gasteiger partial charge in [0.15, 0.2) is 5.75 Å². The van der Waals surface area contributed by atoms with Gasteiger partial charge in [0, 0.05) is 6.20 Å². The van der Waals surface area contributed by atoms with E-state index in [4.69, 9.17) is 4.74 Å². The number of rotatable bonds is 3. The van der Waals surface area contributed by atoms with Crippen molar-refractivity contribution in [1.29, 1.82) is 0 Å². The molecule has 3 heteroatoms. The van der Waals surface area contributed by atoms with E-state index < -0.39 is 5.95 Å². The number of nitrogens with zero attached hydrogens (tertiary/aromatic N) is 1. The minimum Gasteiger partial charge on any atom is -0.484 e. The largest absolute Gasteiger partial charge is 0.484 e. The van der Waals surface area contributed by atoms with Crippen molar-refractivity contribution in [2.75, 3.05) is 0 Å². The van der Waals surface area contributed by atoms with Gasteiger partial charge in [-0.3, -0.25) is 0 Å². The van der Waals surface area contributed by atoms with Crippen molar-refractivity contribution in [1.82, 2.24) is 4.98 Å². The first-order valence-electron chi connectivity index (χ1n) is 5.88. The van der Waals surface area contributed by atoms with Gasteiger partial charge in [-0.2, -0.15) is 4.39 Å². The molecule has 0 amide bonds. The average Bonchev–Trinajstić information content (AvgIpc) is 2.30. The molecule has 0 saturated heterocycles. The van der Waals surface area contributed by atoms with Crippen LogP contribution in [0.1, 0.15) is 22.3 Å². The van der Waals surface area contributed by atoms with E-state index >= 15 is 0 Å². The smallest absolute Gasteiger partial charge is 0.255 e. The topological polar surface area (TPSA) is 22.1 Å². The summed E-state index contributed by atoms with van der Waals surface area (Å²) in [6, 6.07) is 7.45. The van der Waals surface area contributed by atoms with E-state index in [1.165, 1.54) is 11.8 Å². The van der Waals surface area contributed by atoms with E-state index in [-0.39, 0.29) is 5.75 Å². The van der Waals surface area contributed by atoms with Crippen LogP contribution >= 0.6 is 0 Å². The lowest BCUT2D eigenvalue weighted by Gasteiger charge is -2.12. The van der Waals surface area contributed by atoms with Crippen molar-refractivity contribution in [2.24, 2.45) is 0 Å². The van der Waals surface area contributed by atoms with Gasteiger partial charge in [0.2, 0.25) is 0 Å². The van der Waals surface area contributed by atoms with Gasteiger partial charge in [-0.05, 0) is 49.6 Å². The maximum Gasteiger partial charge on any atom is 0.255 e. The monoisotopic (exact) mass is 245 g/mol. The van der Waals surface area contributed by atoms with Crippen LogP contribution in [0.2, 0.25) is 0 Å². The van der Waals surface area contributed by atoms with Crippen LogP contribution in [-0.4, -0.2) is 4.98 Å². The van der Waals surface area contributed by atoms with Crippen LogP contribution in [0, 0.1) is 26.7 Å². The van der Waals surface area contributed by atoms with Gasteiger partial charge in [0.25, 0.3) is 5.95 Å². The van der Waals surface area contributed by atoms with Crippen molar-refractivity contribution >= 4 is 0 Å². The molecule has 0 atom stereocenters. The predicted octanol–water partition coefficient (Wildman–Crippen LogP) is 3.72. The Morgan fingerprint density at radius 2 is 1.83 bits per heavy atom. The number of hydrogen-bond donors (Lipinski definition) is 0. The Kier molecular flexibility index (Phi) is 3.60. The van der Waals surface area contributed by atoms with Crippen LogP contribution in [0.25, 0.3) is 0 Å². The molecule has 18 heavy (non-hydrogen) atoms. The van der Waals surface area contributed by atoms with E-state index in [2.05, 4.69) is 24.0 Å². The zero-order chi connectivity index (χ0) is 13.1. The van der Waals surface area contributed by atoms with Gasteiger partial charge < -0.3 is 4.74 Å². The zero-order valence-corrected chi connectivity index (χ0v) is 10.8. The number of aromatic nitrogens is 1. The second kappa shape index (κ2) is 5.17. The quantitative estimate of drug-likeness (QED) is 0.769. The van der Waals surface area contributed by atoms with E-state index in [1.54, 1.807) is 12.1 Å². The van der Waals surface area contributed by atoms with Crippen molar-refractivity contribution in [3.8, 4) is 5.75 Å². The Bertz CT molecular complexity index is 543. The molecule has 2 nitrogen and oxygen atoms in total. The Hall–Kier alpha value is -1.90. The van der Waals surface area contributed by atoms with E-state index in [0.29, 0.717) is 6.61 Å². The average molecular weight is 245 g/mol. The number of hydrogen-bond acceptors (Lipinski definition) is 2. The summed E-state index contributed by atoms with van der Waals surface area (Å²) < 4.78 is 18.8. The molecule has 94 valence electrons. The van der Waals surface area contributed by atoms with Crippen LogP contribution in [0.4, 0.5) is 4.39 Å². The molecule has 0 aliphatic rings. The Morgan fingerprint density at radius 1 is 1.17 bits per heavy atom. The minimum atomic E-state index is -0.570. The standard InChI is InChI=1S/C15H16FNO/c1-10-7-11(2)13(12(3)8-10)9-18-14-5-4-6-17-15(14)16/h4-8H,9H2,1-3H3. The van der Waals surface area contributed by atoms with Gasteiger partial charge in [0.05, 0.1) is 0 Å². The molecule has 0 fully saturated rings. The van der Waals surface area contributed by atoms with Crippen molar-refractivity contribution < 1.29 is 9.13 Å². The Balaban J connectivity index is 2.19. The number of pyridine rings is 1. The normalized spacial score (nSPS) is 10.4.